The van der Waals surface area contributed by atoms with Crippen LogP contribution in [0.4, 0.5) is 17.6 Å². The molecule has 0 bridgehead atoms. The summed E-state index contributed by atoms with van der Waals surface area (Å²) in [4.78, 5) is 0. The first kappa shape index (κ1) is 11.0. The van der Waals surface area contributed by atoms with Crippen molar-refractivity contribution in [2.24, 2.45) is 0 Å². The Labute approximate surface area is 79.6 Å². The maximum atomic E-state index is 12.9. The molecule has 14 heavy (non-hydrogen) atoms. The van der Waals surface area contributed by atoms with E-state index >= 15 is 0 Å². The topological polar surface area (TPSA) is 0 Å². The molecular formula is C10H10F4. The summed E-state index contributed by atoms with van der Waals surface area (Å²) in [5.74, 6) is 0. The van der Waals surface area contributed by atoms with Crippen molar-refractivity contribution in [3.05, 3.63) is 34.9 Å². The molecule has 0 N–H and O–H groups in total. The summed E-state index contributed by atoms with van der Waals surface area (Å²) in [6.07, 6.45) is -6.09. The van der Waals surface area contributed by atoms with Gasteiger partial charge in [-0.3, -0.25) is 0 Å². The van der Waals surface area contributed by atoms with Crippen LogP contribution < -0.4 is 0 Å². The minimum absolute atomic E-state index is 0.303. The molecule has 0 fully saturated rings. The molecule has 0 aliphatic carbocycles. The van der Waals surface area contributed by atoms with Crippen LogP contribution in [0, 0.1) is 6.92 Å². The SMILES string of the molecule is Cc1ccc(C(C)F)c(C(F)(F)F)c1. The van der Waals surface area contributed by atoms with Gasteiger partial charge in [-0.1, -0.05) is 17.7 Å². The fraction of sp³-hybridized carbons (Fsp3) is 0.400. The second-order valence-electron chi connectivity index (χ2n) is 3.20. The zero-order chi connectivity index (χ0) is 10.9. The average molecular weight is 206 g/mol. The Bertz CT molecular complexity index is 325. The minimum Gasteiger partial charge on any atom is -0.243 e. The normalized spacial score (nSPS) is 14.1. The third-order valence-electron chi connectivity index (χ3n) is 1.94. The predicted octanol–water partition coefficient (Wildman–Crippen LogP) is 4.04. The fourth-order valence-corrected chi connectivity index (χ4v) is 1.26. The molecule has 0 radical (unpaired) electrons. The molecule has 1 aromatic rings. The van der Waals surface area contributed by atoms with E-state index in [0.717, 1.165) is 13.0 Å². The van der Waals surface area contributed by atoms with Crippen molar-refractivity contribution in [1.29, 1.82) is 0 Å². The number of hydrogen-bond acceptors (Lipinski definition) is 0. The summed E-state index contributed by atoms with van der Waals surface area (Å²) < 4.78 is 50.1. The van der Waals surface area contributed by atoms with Crippen LogP contribution in [0.2, 0.25) is 0 Å². The molecule has 0 heterocycles. The number of benzene rings is 1. The van der Waals surface area contributed by atoms with Gasteiger partial charge in [0.15, 0.2) is 0 Å². The van der Waals surface area contributed by atoms with E-state index in [1.54, 1.807) is 6.92 Å². The van der Waals surface area contributed by atoms with Crippen molar-refractivity contribution in [3.8, 4) is 0 Å². The van der Waals surface area contributed by atoms with E-state index < -0.39 is 17.9 Å². The van der Waals surface area contributed by atoms with Gasteiger partial charge in [-0.15, -0.1) is 0 Å². The summed E-state index contributed by atoms with van der Waals surface area (Å²) in [5, 5.41) is 0. The molecule has 0 amide bonds. The van der Waals surface area contributed by atoms with E-state index in [9.17, 15) is 17.6 Å². The summed E-state index contributed by atoms with van der Waals surface area (Å²) in [6, 6.07) is 3.62. The average Bonchev–Trinajstić information content (AvgIpc) is 2.01. The molecule has 0 aromatic heterocycles. The first-order chi connectivity index (χ1) is 6.32. The summed E-state index contributed by atoms with van der Waals surface area (Å²) in [6.45, 7) is 2.64. The van der Waals surface area contributed by atoms with Crippen molar-refractivity contribution >= 4 is 0 Å². The smallest absolute Gasteiger partial charge is 0.243 e. The maximum absolute atomic E-state index is 12.9. The number of halogens is 4. The molecular weight excluding hydrogens is 196 g/mol. The molecule has 1 rings (SSSR count). The van der Waals surface area contributed by atoms with Crippen molar-refractivity contribution in [3.63, 3.8) is 0 Å². The fourth-order valence-electron chi connectivity index (χ4n) is 1.26. The zero-order valence-corrected chi connectivity index (χ0v) is 7.82. The first-order valence-electron chi connectivity index (χ1n) is 4.14. The van der Waals surface area contributed by atoms with Crippen molar-refractivity contribution in [1.82, 2.24) is 0 Å². The van der Waals surface area contributed by atoms with E-state index in [-0.39, 0.29) is 5.56 Å². The summed E-state index contributed by atoms with van der Waals surface area (Å²) in [5.41, 5.74) is -0.711. The van der Waals surface area contributed by atoms with Crippen LogP contribution >= 0.6 is 0 Å². The lowest BCUT2D eigenvalue weighted by Crippen LogP contribution is -2.10. The molecule has 78 valence electrons. The highest BCUT2D eigenvalue weighted by Gasteiger charge is 2.34. The van der Waals surface area contributed by atoms with E-state index in [0.29, 0.717) is 5.56 Å². The number of alkyl halides is 4. The molecule has 1 unspecified atom stereocenters. The lowest BCUT2D eigenvalue weighted by Gasteiger charge is -2.14. The van der Waals surface area contributed by atoms with Crippen LogP contribution in [0.15, 0.2) is 18.2 Å². The van der Waals surface area contributed by atoms with Crippen LogP contribution in [-0.4, -0.2) is 0 Å². The van der Waals surface area contributed by atoms with Crippen LogP contribution in [-0.2, 0) is 6.18 Å². The monoisotopic (exact) mass is 206 g/mol. The quantitative estimate of drug-likeness (QED) is 0.608. The van der Waals surface area contributed by atoms with Gasteiger partial charge in [-0.05, 0) is 25.5 Å². The van der Waals surface area contributed by atoms with Gasteiger partial charge in [0.2, 0.25) is 0 Å². The van der Waals surface area contributed by atoms with Crippen molar-refractivity contribution < 1.29 is 17.6 Å². The Kier molecular flexibility index (Phi) is 2.83. The summed E-state index contributed by atoms with van der Waals surface area (Å²) >= 11 is 0. The third kappa shape index (κ3) is 2.25. The predicted molar refractivity (Wildman–Crippen MR) is 45.7 cm³/mol. The zero-order valence-electron chi connectivity index (χ0n) is 7.82. The third-order valence-corrected chi connectivity index (χ3v) is 1.94. The van der Waals surface area contributed by atoms with Gasteiger partial charge in [-0.2, -0.15) is 13.2 Å². The van der Waals surface area contributed by atoms with E-state index in [4.69, 9.17) is 0 Å². The minimum atomic E-state index is -4.48. The highest BCUT2D eigenvalue weighted by molar-refractivity contribution is 5.34. The van der Waals surface area contributed by atoms with Gasteiger partial charge < -0.3 is 0 Å². The Balaban J connectivity index is 3.30. The second-order valence-corrected chi connectivity index (χ2v) is 3.20. The van der Waals surface area contributed by atoms with E-state index in [1.807, 2.05) is 0 Å². The largest absolute Gasteiger partial charge is 0.416 e. The van der Waals surface area contributed by atoms with E-state index in [1.165, 1.54) is 12.1 Å². The molecule has 1 aromatic carbocycles. The molecule has 0 saturated carbocycles. The number of hydrogen-bond donors (Lipinski definition) is 0. The number of rotatable bonds is 1. The van der Waals surface area contributed by atoms with Gasteiger partial charge in [0.05, 0.1) is 5.56 Å². The Hall–Kier alpha value is -1.06. The Morgan fingerprint density at radius 1 is 1.21 bits per heavy atom. The molecule has 0 aliphatic rings. The second kappa shape index (κ2) is 3.59. The highest BCUT2D eigenvalue weighted by Crippen LogP contribution is 2.36. The van der Waals surface area contributed by atoms with Gasteiger partial charge in [0.25, 0.3) is 0 Å². The standard InChI is InChI=1S/C10H10F4/c1-6-3-4-8(7(2)11)9(5-6)10(12,13)14/h3-5,7H,1-2H3. The van der Waals surface area contributed by atoms with Gasteiger partial charge in [-0.25, -0.2) is 4.39 Å². The van der Waals surface area contributed by atoms with Crippen LogP contribution in [0.5, 0.6) is 0 Å². The molecule has 0 spiro atoms. The molecule has 4 heteroatoms. The molecule has 0 aliphatic heterocycles. The molecule has 0 saturated heterocycles. The molecule has 1 atom stereocenters. The lowest BCUT2D eigenvalue weighted by atomic mass is 10.0. The van der Waals surface area contributed by atoms with Crippen molar-refractivity contribution in [2.45, 2.75) is 26.2 Å². The van der Waals surface area contributed by atoms with Gasteiger partial charge >= 0.3 is 6.18 Å². The molecule has 0 nitrogen and oxygen atoms in total. The van der Waals surface area contributed by atoms with Crippen LogP contribution in [0.1, 0.15) is 29.8 Å². The number of aryl methyl sites for hydroxylation is 1. The van der Waals surface area contributed by atoms with Crippen molar-refractivity contribution in [2.75, 3.05) is 0 Å². The van der Waals surface area contributed by atoms with Gasteiger partial charge in [0.1, 0.15) is 6.17 Å². The Morgan fingerprint density at radius 3 is 2.21 bits per heavy atom. The van der Waals surface area contributed by atoms with E-state index in [2.05, 4.69) is 0 Å². The summed E-state index contributed by atoms with van der Waals surface area (Å²) in [7, 11) is 0. The first-order valence-corrected chi connectivity index (χ1v) is 4.14. The highest BCUT2D eigenvalue weighted by atomic mass is 19.4. The Morgan fingerprint density at radius 2 is 1.79 bits per heavy atom. The van der Waals surface area contributed by atoms with Crippen LogP contribution in [0.3, 0.4) is 0 Å². The van der Waals surface area contributed by atoms with Crippen LogP contribution in [0.25, 0.3) is 0 Å². The maximum Gasteiger partial charge on any atom is 0.416 e. The lowest BCUT2D eigenvalue weighted by molar-refractivity contribution is -0.138. The van der Waals surface area contributed by atoms with Gasteiger partial charge in [0, 0.05) is 0 Å².